The zero-order valence-corrected chi connectivity index (χ0v) is 19.4. The predicted octanol–water partition coefficient (Wildman–Crippen LogP) is 3.04. The molecule has 0 saturated heterocycles. The van der Waals surface area contributed by atoms with Gasteiger partial charge in [0.1, 0.15) is 22.5 Å². The molecule has 0 unspecified atom stereocenters. The molecule has 0 fully saturated rings. The molecule has 0 saturated carbocycles. The fraction of sp³-hybridized carbons (Fsp3) is 0.217. The molecule has 0 aliphatic heterocycles. The van der Waals surface area contributed by atoms with Crippen LogP contribution in [0.1, 0.15) is 27.9 Å². The van der Waals surface area contributed by atoms with Crippen LogP contribution in [0.15, 0.2) is 60.0 Å². The monoisotopic (exact) mass is 481 g/mol. The van der Waals surface area contributed by atoms with Crippen molar-refractivity contribution in [2.75, 3.05) is 12.3 Å². The third kappa shape index (κ3) is 4.99. The molecule has 0 aliphatic rings. The molecule has 2 N–H and O–H groups in total. The van der Waals surface area contributed by atoms with Crippen LogP contribution in [-0.4, -0.2) is 40.5 Å². The number of anilines is 1. The third-order valence-electron chi connectivity index (χ3n) is 5.11. The molecule has 2 aromatic carbocycles. The van der Waals surface area contributed by atoms with Crippen molar-refractivity contribution in [2.45, 2.75) is 31.7 Å². The number of esters is 1. The number of carbonyl (C=O) groups is 1. The van der Waals surface area contributed by atoms with Gasteiger partial charge in [0.25, 0.3) is 0 Å². The molecule has 10 nitrogen and oxygen atoms in total. The maximum atomic E-state index is 12.6. The lowest BCUT2D eigenvalue weighted by molar-refractivity contribution is 0.0496. The second-order valence-electron chi connectivity index (χ2n) is 7.69. The molecule has 176 valence electrons. The molecule has 0 bridgehead atoms. The SMILES string of the molecule is Cc1ccc(C)c(S(=O)(=O)Oc2ccc(C(=O)OCCCn3cnc4c(N)ncnc43)cc2)c1. The summed E-state index contributed by atoms with van der Waals surface area (Å²) in [6, 6.07) is 10.9. The molecular formula is C23H23N5O5S. The first-order valence-electron chi connectivity index (χ1n) is 10.4. The summed E-state index contributed by atoms with van der Waals surface area (Å²) in [5.41, 5.74) is 8.60. The quantitative estimate of drug-likeness (QED) is 0.228. The van der Waals surface area contributed by atoms with Crippen LogP contribution in [0, 0.1) is 13.8 Å². The predicted molar refractivity (Wildman–Crippen MR) is 125 cm³/mol. The molecule has 0 atom stereocenters. The lowest BCUT2D eigenvalue weighted by atomic mass is 10.2. The number of aryl methyl sites for hydroxylation is 3. The maximum absolute atomic E-state index is 12.6. The van der Waals surface area contributed by atoms with Crippen LogP contribution in [0.5, 0.6) is 5.75 Å². The smallest absolute Gasteiger partial charge is 0.339 e. The van der Waals surface area contributed by atoms with Crippen molar-refractivity contribution >= 4 is 33.1 Å². The molecule has 0 aliphatic carbocycles. The number of benzene rings is 2. The van der Waals surface area contributed by atoms with Gasteiger partial charge in [0.15, 0.2) is 11.5 Å². The number of ether oxygens (including phenoxy) is 1. The van der Waals surface area contributed by atoms with Gasteiger partial charge in [-0.25, -0.2) is 19.7 Å². The minimum atomic E-state index is -4.00. The van der Waals surface area contributed by atoms with E-state index in [9.17, 15) is 13.2 Å². The summed E-state index contributed by atoms with van der Waals surface area (Å²) >= 11 is 0. The highest BCUT2D eigenvalue weighted by atomic mass is 32.2. The zero-order chi connectivity index (χ0) is 24.3. The van der Waals surface area contributed by atoms with Gasteiger partial charge >= 0.3 is 16.1 Å². The van der Waals surface area contributed by atoms with Gasteiger partial charge in [0, 0.05) is 6.54 Å². The molecule has 4 rings (SSSR count). The summed E-state index contributed by atoms with van der Waals surface area (Å²) in [7, 11) is -4.00. The number of rotatable bonds is 8. The Bertz CT molecular complexity index is 1450. The molecule has 4 aromatic rings. The summed E-state index contributed by atoms with van der Waals surface area (Å²) in [5.74, 6) is -0.110. The Morgan fingerprint density at radius 2 is 1.82 bits per heavy atom. The first kappa shape index (κ1) is 23.2. The highest BCUT2D eigenvalue weighted by molar-refractivity contribution is 7.87. The van der Waals surface area contributed by atoms with E-state index in [2.05, 4.69) is 15.0 Å². The van der Waals surface area contributed by atoms with Crippen molar-refractivity contribution in [3.8, 4) is 5.75 Å². The van der Waals surface area contributed by atoms with Crippen LogP contribution in [0.4, 0.5) is 5.82 Å². The van der Waals surface area contributed by atoms with Crippen molar-refractivity contribution in [3.63, 3.8) is 0 Å². The lowest BCUT2D eigenvalue weighted by Gasteiger charge is -2.10. The second-order valence-corrected chi connectivity index (χ2v) is 9.20. The Morgan fingerprint density at radius 3 is 2.59 bits per heavy atom. The van der Waals surface area contributed by atoms with E-state index in [1.165, 1.54) is 30.6 Å². The molecular weight excluding hydrogens is 458 g/mol. The molecule has 0 radical (unpaired) electrons. The Balaban J connectivity index is 1.32. The van der Waals surface area contributed by atoms with E-state index >= 15 is 0 Å². The molecule has 0 spiro atoms. The fourth-order valence-electron chi connectivity index (χ4n) is 3.34. The lowest BCUT2D eigenvalue weighted by Crippen LogP contribution is -2.12. The Kier molecular flexibility index (Phi) is 6.46. The first-order valence-corrected chi connectivity index (χ1v) is 11.9. The average molecular weight is 482 g/mol. The summed E-state index contributed by atoms with van der Waals surface area (Å²) in [5, 5.41) is 0. The van der Waals surface area contributed by atoms with E-state index in [4.69, 9.17) is 14.7 Å². The van der Waals surface area contributed by atoms with Crippen LogP contribution in [-0.2, 0) is 21.4 Å². The van der Waals surface area contributed by atoms with Crippen LogP contribution in [0.2, 0.25) is 0 Å². The molecule has 0 amide bonds. The van der Waals surface area contributed by atoms with E-state index in [0.29, 0.717) is 35.5 Å². The van der Waals surface area contributed by atoms with Gasteiger partial charge in [-0.15, -0.1) is 0 Å². The van der Waals surface area contributed by atoms with E-state index in [-0.39, 0.29) is 22.8 Å². The Morgan fingerprint density at radius 1 is 1.06 bits per heavy atom. The standard InChI is InChI=1S/C23H23N5O5S/c1-15-4-5-16(2)19(12-15)34(30,31)33-18-8-6-17(7-9-18)23(29)32-11-3-10-28-14-27-20-21(24)25-13-26-22(20)28/h4-9,12-14H,3,10-11H2,1-2H3,(H2,24,25,26). The largest absolute Gasteiger partial charge is 0.462 e. The Labute approximate surface area is 196 Å². The summed E-state index contributed by atoms with van der Waals surface area (Å²) in [6.45, 7) is 4.22. The normalized spacial score (nSPS) is 11.5. The van der Waals surface area contributed by atoms with Gasteiger partial charge in [-0.05, 0) is 61.7 Å². The van der Waals surface area contributed by atoms with E-state index in [1.807, 2.05) is 10.6 Å². The summed E-state index contributed by atoms with van der Waals surface area (Å²) in [6.07, 6.45) is 3.52. The minimum absolute atomic E-state index is 0.103. The van der Waals surface area contributed by atoms with Gasteiger partial charge in [0.2, 0.25) is 0 Å². The van der Waals surface area contributed by atoms with Gasteiger partial charge in [-0.1, -0.05) is 12.1 Å². The summed E-state index contributed by atoms with van der Waals surface area (Å²) in [4.78, 5) is 24.7. The summed E-state index contributed by atoms with van der Waals surface area (Å²) < 4.78 is 37.6. The van der Waals surface area contributed by atoms with Crippen molar-refractivity contribution in [3.05, 3.63) is 71.8 Å². The fourth-order valence-corrected chi connectivity index (χ4v) is 4.59. The maximum Gasteiger partial charge on any atom is 0.339 e. The van der Waals surface area contributed by atoms with Gasteiger partial charge < -0.3 is 19.2 Å². The van der Waals surface area contributed by atoms with Crippen molar-refractivity contribution in [1.29, 1.82) is 0 Å². The van der Waals surface area contributed by atoms with Gasteiger partial charge in [0.05, 0.1) is 18.5 Å². The highest BCUT2D eigenvalue weighted by Crippen LogP contribution is 2.23. The van der Waals surface area contributed by atoms with Crippen molar-refractivity contribution < 1.29 is 22.1 Å². The highest BCUT2D eigenvalue weighted by Gasteiger charge is 2.20. The number of nitrogens with two attached hydrogens (primary N) is 1. The Hall–Kier alpha value is -3.99. The van der Waals surface area contributed by atoms with Crippen LogP contribution in [0.25, 0.3) is 11.2 Å². The number of hydrogen-bond acceptors (Lipinski definition) is 9. The minimum Gasteiger partial charge on any atom is -0.462 e. The van der Waals surface area contributed by atoms with Gasteiger partial charge in [-0.2, -0.15) is 8.42 Å². The number of carbonyl (C=O) groups excluding carboxylic acids is 1. The van der Waals surface area contributed by atoms with Crippen molar-refractivity contribution in [2.24, 2.45) is 0 Å². The van der Waals surface area contributed by atoms with E-state index in [0.717, 1.165) is 5.56 Å². The number of aromatic nitrogens is 4. The number of nitrogens with zero attached hydrogens (tertiary/aromatic N) is 4. The number of nitrogen functional groups attached to an aromatic ring is 1. The van der Waals surface area contributed by atoms with Crippen molar-refractivity contribution in [1.82, 2.24) is 19.5 Å². The van der Waals surface area contributed by atoms with Crippen LogP contribution in [0.3, 0.4) is 0 Å². The average Bonchev–Trinajstić information content (AvgIpc) is 3.23. The second kappa shape index (κ2) is 9.48. The molecule has 34 heavy (non-hydrogen) atoms. The number of hydrogen-bond donors (Lipinski definition) is 1. The molecule has 2 heterocycles. The van der Waals surface area contributed by atoms with E-state index in [1.54, 1.807) is 32.3 Å². The van der Waals surface area contributed by atoms with Crippen LogP contribution >= 0.6 is 0 Å². The number of fused-ring (bicyclic) bond motifs is 1. The van der Waals surface area contributed by atoms with E-state index < -0.39 is 16.1 Å². The molecule has 2 aromatic heterocycles. The third-order valence-corrected chi connectivity index (χ3v) is 6.51. The first-order chi connectivity index (χ1) is 16.2. The van der Waals surface area contributed by atoms with Crippen LogP contribution < -0.4 is 9.92 Å². The zero-order valence-electron chi connectivity index (χ0n) is 18.6. The number of imidazole rings is 1. The topological polar surface area (TPSA) is 139 Å². The molecule has 11 heteroatoms. The van der Waals surface area contributed by atoms with Gasteiger partial charge in [-0.3, -0.25) is 0 Å².